The number of carbonyl (C=O) groups excluding carboxylic acids is 2. The Bertz CT molecular complexity index is 2100. The Morgan fingerprint density at radius 1 is 0.630 bits per heavy atom. The molecule has 2 aliphatic heterocycles. The van der Waals surface area contributed by atoms with E-state index in [9.17, 15) is 9.59 Å². The molecule has 6 aromatic rings. The van der Waals surface area contributed by atoms with Crippen LogP contribution in [0.3, 0.4) is 0 Å². The number of nitrogens with zero attached hydrogens (tertiary/aromatic N) is 8. The lowest BCUT2D eigenvalue weighted by Crippen LogP contribution is -2.42. The fourth-order valence-electron chi connectivity index (χ4n) is 9.32. The summed E-state index contributed by atoms with van der Waals surface area (Å²) in [5.74, 6) is 5.88. The number of imidazole rings is 2. The summed E-state index contributed by atoms with van der Waals surface area (Å²) in [5.41, 5.74) is 5.88. The summed E-state index contributed by atoms with van der Waals surface area (Å²) in [7, 11) is 0. The summed E-state index contributed by atoms with van der Waals surface area (Å²) in [6, 6.07) is 4.10. The molecular weight excluding hydrogens is 677 g/mol. The van der Waals surface area contributed by atoms with Crippen LogP contribution in [-0.4, -0.2) is 86.5 Å². The molecule has 10 rings (SSSR count). The zero-order valence-electron chi connectivity index (χ0n) is 31.8. The monoisotopic (exact) mass is 730 g/mol. The Kier molecular flexibility index (Phi) is 9.61. The molecule has 4 aliphatic rings. The van der Waals surface area contributed by atoms with Crippen molar-refractivity contribution >= 4 is 45.2 Å². The first-order valence-electron chi connectivity index (χ1n) is 20.6. The number of amides is 2. The van der Waals surface area contributed by atoms with Crippen molar-refractivity contribution in [3.05, 3.63) is 61.0 Å². The number of H-pyrrole nitrogens is 2. The van der Waals surface area contributed by atoms with Gasteiger partial charge in [0.15, 0.2) is 11.3 Å². The topological polar surface area (TPSA) is 133 Å². The maximum atomic E-state index is 12.8. The molecule has 0 spiro atoms. The van der Waals surface area contributed by atoms with Crippen molar-refractivity contribution in [1.82, 2.24) is 48.5 Å². The van der Waals surface area contributed by atoms with Crippen molar-refractivity contribution in [2.45, 2.75) is 103 Å². The second-order valence-corrected chi connectivity index (χ2v) is 16.8. The predicted molar refractivity (Wildman–Crippen MR) is 209 cm³/mol. The Morgan fingerprint density at radius 3 is 1.46 bits per heavy atom. The van der Waals surface area contributed by atoms with E-state index >= 15 is 0 Å². The van der Waals surface area contributed by atoms with Crippen LogP contribution in [0.4, 0.5) is 0 Å². The van der Waals surface area contributed by atoms with Crippen molar-refractivity contribution in [3.8, 4) is 0 Å². The molecule has 0 aromatic carbocycles. The summed E-state index contributed by atoms with van der Waals surface area (Å²) in [6.07, 6.45) is 24.9. The number of fused-ring (bicyclic) bond motifs is 6. The summed E-state index contributed by atoms with van der Waals surface area (Å²) in [4.78, 5) is 54.5. The lowest BCUT2D eigenvalue weighted by molar-refractivity contribution is -0.134. The summed E-state index contributed by atoms with van der Waals surface area (Å²) in [5, 5.41) is 0. The van der Waals surface area contributed by atoms with E-state index in [1.165, 1.54) is 38.5 Å². The Balaban J connectivity index is 0.000000142. The molecule has 2 aliphatic carbocycles. The van der Waals surface area contributed by atoms with E-state index < -0.39 is 0 Å². The van der Waals surface area contributed by atoms with Crippen molar-refractivity contribution in [2.75, 3.05) is 26.2 Å². The quantitative estimate of drug-likeness (QED) is 0.167. The van der Waals surface area contributed by atoms with Crippen LogP contribution in [0.25, 0.3) is 33.4 Å². The first-order chi connectivity index (χ1) is 26.4. The number of carbonyl (C=O) groups is 2. The van der Waals surface area contributed by atoms with Crippen LogP contribution in [0.5, 0.6) is 0 Å². The molecule has 0 bridgehead atoms. The summed E-state index contributed by atoms with van der Waals surface area (Å²) >= 11 is 0. The molecule has 12 heteroatoms. The maximum absolute atomic E-state index is 12.8. The van der Waals surface area contributed by atoms with Crippen molar-refractivity contribution in [1.29, 1.82) is 0 Å². The van der Waals surface area contributed by atoms with Gasteiger partial charge >= 0.3 is 0 Å². The minimum absolute atomic E-state index is 0.259. The van der Waals surface area contributed by atoms with Gasteiger partial charge in [0, 0.05) is 63.3 Å². The van der Waals surface area contributed by atoms with Crippen molar-refractivity contribution in [2.24, 2.45) is 23.7 Å². The number of hydrogen-bond donors (Lipinski definition) is 2. The Morgan fingerprint density at radius 2 is 1.06 bits per heavy atom. The predicted octanol–water partition coefficient (Wildman–Crippen LogP) is 7.49. The Labute approximate surface area is 316 Å². The van der Waals surface area contributed by atoms with Gasteiger partial charge in [0.1, 0.15) is 11.6 Å². The van der Waals surface area contributed by atoms with Gasteiger partial charge in [-0.05, 0) is 61.5 Å². The maximum Gasteiger partial charge on any atom is 0.222 e. The minimum atomic E-state index is 0.259. The van der Waals surface area contributed by atoms with Gasteiger partial charge < -0.3 is 19.8 Å². The van der Waals surface area contributed by atoms with Gasteiger partial charge in [0.25, 0.3) is 0 Å². The average Bonchev–Trinajstić information content (AvgIpc) is 3.96. The van der Waals surface area contributed by atoms with Crippen LogP contribution in [0.2, 0.25) is 0 Å². The van der Waals surface area contributed by atoms with Crippen LogP contribution in [0.1, 0.15) is 114 Å². The minimum Gasteiger partial charge on any atom is -0.345 e. The third kappa shape index (κ3) is 6.66. The second kappa shape index (κ2) is 14.8. The van der Waals surface area contributed by atoms with Gasteiger partial charge in [-0.25, -0.2) is 19.9 Å². The SMILES string of the molecule is C[C@@H]1CCN(C(=O)CCC2CCC2)C[C@@H]1c1ncc2cnc3[nH]ccc3n12.C[C@H]1CCN(C(=O)CCC2CCC2)C[C@H]1c1ncc2cnc3[nH]ccc3n12. The molecule has 8 heterocycles. The van der Waals surface area contributed by atoms with Crippen LogP contribution in [0, 0.1) is 23.7 Å². The number of nitrogens with one attached hydrogen (secondary N) is 2. The van der Waals surface area contributed by atoms with Gasteiger partial charge in [0.05, 0.1) is 46.9 Å². The lowest BCUT2D eigenvalue weighted by atomic mass is 9.81. The van der Waals surface area contributed by atoms with Gasteiger partial charge in [-0.2, -0.15) is 0 Å². The molecule has 2 amide bonds. The standard InChI is InChI=1S/2C21H27N5O/c2*1-14-8-10-25(19(27)6-5-15-3-2-4-15)13-17(14)21-24-12-16-11-23-20-18(26(16)21)7-9-22-20/h2*7,9,11-12,14-15,17,22H,2-6,8,10,13H2,1H3/t2*14-,17+/m10/s1. The molecule has 0 unspecified atom stereocenters. The van der Waals surface area contributed by atoms with Gasteiger partial charge in [-0.3, -0.25) is 18.4 Å². The smallest absolute Gasteiger partial charge is 0.222 e. The van der Waals surface area contributed by atoms with E-state index in [-0.39, 0.29) is 11.8 Å². The molecule has 4 fully saturated rings. The van der Waals surface area contributed by atoms with Crippen molar-refractivity contribution < 1.29 is 9.59 Å². The van der Waals surface area contributed by atoms with Gasteiger partial charge in [-0.1, -0.05) is 52.4 Å². The third-order valence-electron chi connectivity index (χ3n) is 13.4. The number of likely N-dealkylation sites (tertiary alicyclic amines) is 2. The average molecular weight is 731 g/mol. The van der Waals surface area contributed by atoms with E-state index in [1.807, 2.05) is 37.2 Å². The van der Waals surface area contributed by atoms with Crippen LogP contribution in [-0.2, 0) is 9.59 Å². The third-order valence-corrected chi connectivity index (χ3v) is 13.4. The zero-order chi connectivity index (χ0) is 36.8. The molecule has 2 saturated heterocycles. The zero-order valence-corrected chi connectivity index (χ0v) is 31.8. The number of hydrogen-bond acceptors (Lipinski definition) is 6. The first-order valence-corrected chi connectivity index (χ1v) is 20.6. The van der Waals surface area contributed by atoms with Crippen LogP contribution < -0.4 is 0 Å². The van der Waals surface area contributed by atoms with Crippen molar-refractivity contribution in [3.63, 3.8) is 0 Å². The van der Waals surface area contributed by atoms with Gasteiger partial charge in [-0.15, -0.1) is 0 Å². The highest BCUT2D eigenvalue weighted by Crippen LogP contribution is 2.36. The second-order valence-electron chi connectivity index (χ2n) is 16.8. The molecule has 54 heavy (non-hydrogen) atoms. The first kappa shape index (κ1) is 35.0. The fourth-order valence-corrected chi connectivity index (χ4v) is 9.32. The van der Waals surface area contributed by atoms with E-state index in [0.29, 0.717) is 36.5 Å². The molecule has 284 valence electrons. The molecule has 2 saturated carbocycles. The number of rotatable bonds is 8. The summed E-state index contributed by atoms with van der Waals surface area (Å²) in [6.45, 7) is 7.89. The van der Waals surface area contributed by atoms with Crippen LogP contribution >= 0.6 is 0 Å². The Hall–Kier alpha value is -4.74. The normalized spacial score (nSPS) is 23.8. The van der Waals surface area contributed by atoms with E-state index in [0.717, 1.165) is 109 Å². The van der Waals surface area contributed by atoms with E-state index in [2.05, 4.69) is 64.5 Å². The highest BCUT2D eigenvalue weighted by atomic mass is 16.2. The number of aromatic nitrogens is 8. The summed E-state index contributed by atoms with van der Waals surface area (Å²) < 4.78 is 4.42. The lowest BCUT2D eigenvalue weighted by Gasteiger charge is -2.37. The highest BCUT2D eigenvalue weighted by Gasteiger charge is 2.35. The molecule has 0 radical (unpaired) electrons. The van der Waals surface area contributed by atoms with E-state index in [1.54, 1.807) is 0 Å². The molecule has 6 aromatic heterocycles. The largest absolute Gasteiger partial charge is 0.345 e. The number of aromatic amines is 2. The molecule has 2 N–H and O–H groups in total. The van der Waals surface area contributed by atoms with Crippen LogP contribution in [0.15, 0.2) is 49.3 Å². The molecule has 12 nitrogen and oxygen atoms in total. The molecule has 4 atom stereocenters. The number of piperidine rings is 2. The fraction of sp³-hybridized carbons (Fsp3) is 0.571. The molecular formula is C42H54N10O2. The van der Waals surface area contributed by atoms with Gasteiger partial charge in [0.2, 0.25) is 11.8 Å². The highest BCUT2D eigenvalue weighted by molar-refractivity contribution is 5.78. The van der Waals surface area contributed by atoms with E-state index in [4.69, 9.17) is 9.97 Å².